The average molecular weight is 298 g/mol. The smallest absolute Gasteiger partial charge is 0.262 e. The highest BCUT2D eigenvalue weighted by atomic mass is 32.2. The molecule has 1 aliphatic rings. The molecule has 20 heavy (non-hydrogen) atoms. The van der Waals surface area contributed by atoms with Gasteiger partial charge in [0.2, 0.25) is 10.0 Å². The van der Waals surface area contributed by atoms with E-state index in [-0.39, 0.29) is 23.3 Å². The average Bonchev–Trinajstić information content (AvgIpc) is 2.35. The van der Waals surface area contributed by atoms with E-state index in [4.69, 9.17) is 4.74 Å². The zero-order valence-corrected chi connectivity index (χ0v) is 12.5. The molecule has 1 heterocycles. The van der Waals surface area contributed by atoms with Gasteiger partial charge in [0, 0.05) is 12.6 Å². The molecule has 1 amide bonds. The first-order valence-corrected chi connectivity index (χ1v) is 7.85. The van der Waals surface area contributed by atoms with E-state index in [1.54, 1.807) is 13.0 Å². The van der Waals surface area contributed by atoms with Crippen LogP contribution in [-0.4, -0.2) is 27.5 Å². The van der Waals surface area contributed by atoms with Gasteiger partial charge in [-0.3, -0.25) is 4.79 Å². The number of rotatable bonds is 4. The molecule has 0 atom stereocenters. The van der Waals surface area contributed by atoms with Crippen molar-refractivity contribution < 1.29 is 17.9 Å². The molecule has 0 saturated carbocycles. The Kier molecular flexibility index (Phi) is 4.01. The van der Waals surface area contributed by atoms with Crippen molar-refractivity contribution in [2.75, 3.05) is 18.5 Å². The molecular formula is C13H18N2O4S. The van der Waals surface area contributed by atoms with Crippen LogP contribution >= 0.6 is 0 Å². The lowest BCUT2D eigenvalue weighted by Crippen LogP contribution is -2.29. The fourth-order valence-corrected chi connectivity index (χ4v) is 3.31. The van der Waals surface area contributed by atoms with Crippen molar-refractivity contribution in [2.24, 2.45) is 5.92 Å². The van der Waals surface area contributed by atoms with Crippen molar-refractivity contribution in [2.45, 2.75) is 25.7 Å². The van der Waals surface area contributed by atoms with Crippen molar-refractivity contribution in [3.8, 4) is 5.75 Å². The highest BCUT2D eigenvalue weighted by Gasteiger charge is 2.23. The van der Waals surface area contributed by atoms with Gasteiger partial charge in [-0.2, -0.15) is 0 Å². The van der Waals surface area contributed by atoms with Gasteiger partial charge in [0.1, 0.15) is 5.75 Å². The molecule has 0 unspecified atom stereocenters. The number of carbonyl (C=O) groups excluding carboxylic acids is 1. The van der Waals surface area contributed by atoms with E-state index in [1.165, 1.54) is 6.07 Å². The van der Waals surface area contributed by atoms with Crippen molar-refractivity contribution >= 4 is 21.6 Å². The van der Waals surface area contributed by atoms with Crippen LogP contribution in [0.25, 0.3) is 0 Å². The number of carbonyl (C=O) groups is 1. The van der Waals surface area contributed by atoms with Crippen molar-refractivity contribution in [1.82, 2.24) is 4.72 Å². The summed E-state index contributed by atoms with van der Waals surface area (Å²) >= 11 is 0. The van der Waals surface area contributed by atoms with Crippen molar-refractivity contribution in [1.29, 1.82) is 0 Å². The van der Waals surface area contributed by atoms with Crippen LogP contribution in [0.1, 0.15) is 19.4 Å². The summed E-state index contributed by atoms with van der Waals surface area (Å²) in [6, 6.07) is 3.06. The summed E-state index contributed by atoms with van der Waals surface area (Å²) in [5, 5.41) is 2.65. The third-order valence-corrected chi connectivity index (χ3v) is 4.45. The highest BCUT2D eigenvalue weighted by molar-refractivity contribution is 7.89. The topological polar surface area (TPSA) is 84.5 Å². The van der Waals surface area contributed by atoms with Gasteiger partial charge in [-0.05, 0) is 24.5 Å². The summed E-state index contributed by atoms with van der Waals surface area (Å²) in [7, 11) is -3.58. The minimum atomic E-state index is -3.58. The van der Waals surface area contributed by atoms with Gasteiger partial charge in [0.05, 0.1) is 10.6 Å². The Morgan fingerprint density at radius 3 is 2.75 bits per heavy atom. The van der Waals surface area contributed by atoms with E-state index in [0.717, 1.165) is 0 Å². The van der Waals surface area contributed by atoms with Gasteiger partial charge >= 0.3 is 0 Å². The van der Waals surface area contributed by atoms with E-state index in [9.17, 15) is 13.2 Å². The molecule has 0 aromatic heterocycles. The molecule has 6 nitrogen and oxygen atoms in total. The standard InChI is InChI=1S/C13H18N2O4S/c1-8(2)6-14-20(17,18)12-5-11-10(4-9(12)3)15-13(16)7-19-11/h4-5,8,14H,6-7H2,1-3H3,(H,15,16). The van der Waals surface area contributed by atoms with E-state index in [0.29, 0.717) is 23.5 Å². The molecule has 1 aromatic carbocycles. The molecule has 1 aromatic rings. The quantitative estimate of drug-likeness (QED) is 0.876. The van der Waals surface area contributed by atoms with E-state index >= 15 is 0 Å². The molecule has 0 aliphatic carbocycles. The fourth-order valence-electron chi connectivity index (χ4n) is 1.86. The molecule has 0 fully saturated rings. The largest absolute Gasteiger partial charge is 0.482 e. The summed E-state index contributed by atoms with van der Waals surface area (Å²) < 4.78 is 32.3. The van der Waals surface area contributed by atoms with Crippen molar-refractivity contribution in [3.63, 3.8) is 0 Å². The summed E-state index contributed by atoms with van der Waals surface area (Å²) in [6.07, 6.45) is 0. The van der Waals surface area contributed by atoms with Crippen LogP contribution in [-0.2, 0) is 14.8 Å². The number of hydrogen-bond donors (Lipinski definition) is 2. The SMILES string of the molecule is Cc1cc2c(cc1S(=O)(=O)NCC(C)C)OCC(=O)N2. The Balaban J connectivity index is 2.36. The molecule has 0 spiro atoms. The maximum absolute atomic E-state index is 12.3. The molecule has 2 N–H and O–H groups in total. The number of anilines is 1. The molecule has 7 heteroatoms. The summed E-state index contributed by atoms with van der Waals surface area (Å²) in [4.78, 5) is 11.4. The number of amides is 1. The normalized spacial score (nSPS) is 14.7. The van der Waals surface area contributed by atoms with Gasteiger partial charge < -0.3 is 10.1 Å². The number of fused-ring (bicyclic) bond motifs is 1. The summed E-state index contributed by atoms with van der Waals surface area (Å²) in [5.74, 6) is 0.351. The van der Waals surface area contributed by atoms with Crippen LogP contribution in [0.4, 0.5) is 5.69 Å². The van der Waals surface area contributed by atoms with Crippen LogP contribution in [0.2, 0.25) is 0 Å². The minimum absolute atomic E-state index is 0.102. The third-order valence-electron chi connectivity index (χ3n) is 2.88. The molecule has 1 aliphatic heterocycles. The van der Waals surface area contributed by atoms with E-state index in [2.05, 4.69) is 10.0 Å². The van der Waals surface area contributed by atoms with Crippen LogP contribution < -0.4 is 14.8 Å². The Bertz CT molecular complexity index is 638. The summed E-state index contributed by atoms with van der Waals surface area (Å²) in [5.41, 5.74) is 1.06. The molecule has 2 rings (SSSR count). The fraction of sp³-hybridized carbons (Fsp3) is 0.462. The van der Waals surface area contributed by atoms with Gasteiger partial charge in [-0.25, -0.2) is 13.1 Å². The Morgan fingerprint density at radius 2 is 2.10 bits per heavy atom. The van der Waals surface area contributed by atoms with Gasteiger partial charge in [-0.1, -0.05) is 13.8 Å². The van der Waals surface area contributed by atoms with E-state index in [1.807, 2.05) is 13.8 Å². The molecular weight excluding hydrogens is 280 g/mol. The third kappa shape index (κ3) is 3.10. The monoisotopic (exact) mass is 298 g/mol. The number of hydrogen-bond acceptors (Lipinski definition) is 4. The second kappa shape index (κ2) is 5.41. The molecule has 0 bridgehead atoms. The maximum Gasteiger partial charge on any atom is 0.262 e. The van der Waals surface area contributed by atoms with Crippen LogP contribution in [0.5, 0.6) is 5.75 Å². The minimum Gasteiger partial charge on any atom is -0.482 e. The number of nitrogens with one attached hydrogen (secondary N) is 2. The van der Waals surface area contributed by atoms with Crippen LogP contribution in [0.3, 0.4) is 0 Å². The summed E-state index contributed by atoms with van der Waals surface area (Å²) in [6.45, 7) is 5.82. The Hall–Kier alpha value is -1.60. The number of benzene rings is 1. The second-order valence-corrected chi connectivity index (χ2v) is 6.93. The van der Waals surface area contributed by atoms with Gasteiger partial charge in [-0.15, -0.1) is 0 Å². The van der Waals surface area contributed by atoms with Crippen LogP contribution in [0.15, 0.2) is 17.0 Å². The predicted molar refractivity (Wildman–Crippen MR) is 75.3 cm³/mol. The first kappa shape index (κ1) is 14.8. The Morgan fingerprint density at radius 1 is 1.40 bits per heavy atom. The van der Waals surface area contributed by atoms with Gasteiger partial charge in [0.25, 0.3) is 5.91 Å². The van der Waals surface area contributed by atoms with Gasteiger partial charge in [0.15, 0.2) is 6.61 Å². The number of aryl methyl sites for hydroxylation is 1. The molecule has 110 valence electrons. The lowest BCUT2D eigenvalue weighted by Gasteiger charge is -2.20. The molecule has 0 radical (unpaired) electrons. The second-order valence-electron chi connectivity index (χ2n) is 5.20. The first-order valence-electron chi connectivity index (χ1n) is 6.36. The van der Waals surface area contributed by atoms with Crippen LogP contribution in [0, 0.1) is 12.8 Å². The predicted octanol–water partition coefficient (Wildman–Crippen LogP) is 1.26. The lowest BCUT2D eigenvalue weighted by molar-refractivity contribution is -0.118. The highest BCUT2D eigenvalue weighted by Crippen LogP contribution is 2.32. The zero-order chi connectivity index (χ0) is 14.9. The first-order chi connectivity index (χ1) is 9.29. The number of ether oxygens (including phenoxy) is 1. The zero-order valence-electron chi connectivity index (χ0n) is 11.7. The Labute approximate surface area is 118 Å². The number of sulfonamides is 1. The molecule has 0 saturated heterocycles. The lowest BCUT2D eigenvalue weighted by atomic mass is 10.2. The van der Waals surface area contributed by atoms with Crippen molar-refractivity contribution in [3.05, 3.63) is 17.7 Å². The van der Waals surface area contributed by atoms with E-state index < -0.39 is 10.0 Å². The maximum atomic E-state index is 12.3.